The van der Waals surface area contributed by atoms with Crippen molar-refractivity contribution in [3.63, 3.8) is 0 Å². The highest BCUT2D eigenvalue weighted by Crippen LogP contribution is 2.19. The van der Waals surface area contributed by atoms with Crippen LogP contribution in [0.5, 0.6) is 0 Å². The van der Waals surface area contributed by atoms with Crippen LogP contribution in [0.25, 0.3) is 10.8 Å². The Hall–Kier alpha value is -2.75. The van der Waals surface area contributed by atoms with Crippen molar-refractivity contribution in [2.24, 2.45) is 0 Å². The molecule has 92 valence electrons. The normalized spacial score (nSPS) is 10.3. The van der Waals surface area contributed by atoms with E-state index in [9.17, 15) is 4.79 Å². The highest BCUT2D eigenvalue weighted by atomic mass is 16.1. The van der Waals surface area contributed by atoms with Crippen LogP contribution in [0.15, 0.2) is 61.2 Å². The largest absolute Gasteiger partial charge is 0.322 e. The van der Waals surface area contributed by atoms with Crippen molar-refractivity contribution in [3.8, 4) is 0 Å². The fraction of sp³-hybridized carbons (Fsp3) is 0. The molecule has 1 amide bonds. The van der Waals surface area contributed by atoms with Crippen molar-refractivity contribution in [2.75, 3.05) is 5.32 Å². The lowest BCUT2D eigenvalue weighted by Gasteiger charge is -2.06. The van der Waals surface area contributed by atoms with Crippen molar-refractivity contribution in [3.05, 3.63) is 66.7 Å². The topological polar surface area (TPSA) is 54.9 Å². The number of aromatic nitrogens is 2. The van der Waals surface area contributed by atoms with E-state index in [4.69, 9.17) is 0 Å². The minimum atomic E-state index is -0.212. The third-order valence-corrected chi connectivity index (χ3v) is 2.83. The SMILES string of the molecule is O=C(Nc1ccc2ccccc2c1)c1cncnc1. The van der Waals surface area contributed by atoms with Crippen molar-refractivity contribution >= 4 is 22.4 Å². The molecule has 0 spiro atoms. The second kappa shape index (κ2) is 4.86. The van der Waals surface area contributed by atoms with Gasteiger partial charge in [0.15, 0.2) is 0 Å². The average Bonchev–Trinajstić information content (AvgIpc) is 2.48. The summed E-state index contributed by atoms with van der Waals surface area (Å²) in [5.41, 5.74) is 1.20. The van der Waals surface area contributed by atoms with E-state index >= 15 is 0 Å². The van der Waals surface area contributed by atoms with E-state index in [-0.39, 0.29) is 5.91 Å². The van der Waals surface area contributed by atoms with Crippen LogP contribution < -0.4 is 5.32 Å². The number of hydrogen-bond acceptors (Lipinski definition) is 3. The highest BCUT2D eigenvalue weighted by Gasteiger charge is 2.06. The molecule has 0 aliphatic heterocycles. The Balaban J connectivity index is 1.87. The Morgan fingerprint density at radius 2 is 1.68 bits per heavy atom. The first-order valence-electron chi connectivity index (χ1n) is 5.88. The highest BCUT2D eigenvalue weighted by molar-refractivity contribution is 6.04. The van der Waals surface area contributed by atoms with E-state index in [1.54, 1.807) is 0 Å². The second-order valence-corrected chi connectivity index (χ2v) is 4.14. The molecule has 0 saturated carbocycles. The lowest BCUT2D eigenvalue weighted by molar-refractivity contribution is 0.102. The van der Waals surface area contributed by atoms with Crippen LogP contribution in [0.3, 0.4) is 0 Å². The summed E-state index contributed by atoms with van der Waals surface area (Å²) in [5.74, 6) is -0.212. The van der Waals surface area contributed by atoms with Gasteiger partial charge in [-0.05, 0) is 22.9 Å². The Labute approximate surface area is 110 Å². The molecule has 0 atom stereocenters. The van der Waals surface area contributed by atoms with E-state index < -0.39 is 0 Å². The number of nitrogens with one attached hydrogen (secondary N) is 1. The fourth-order valence-corrected chi connectivity index (χ4v) is 1.89. The van der Waals surface area contributed by atoms with Gasteiger partial charge in [-0.25, -0.2) is 9.97 Å². The van der Waals surface area contributed by atoms with Crippen molar-refractivity contribution < 1.29 is 4.79 Å². The van der Waals surface area contributed by atoms with Crippen LogP contribution in [0.2, 0.25) is 0 Å². The van der Waals surface area contributed by atoms with E-state index in [1.807, 2.05) is 42.5 Å². The average molecular weight is 249 g/mol. The molecule has 0 saturated heterocycles. The van der Waals surface area contributed by atoms with Crippen LogP contribution in [0, 0.1) is 0 Å². The fourth-order valence-electron chi connectivity index (χ4n) is 1.89. The summed E-state index contributed by atoms with van der Waals surface area (Å²) in [4.78, 5) is 19.6. The third-order valence-electron chi connectivity index (χ3n) is 2.83. The van der Waals surface area contributed by atoms with E-state index in [0.29, 0.717) is 5.56 Å². The van der Waals surface area contributed by atoms with Gasteiger partial charge < -0.3 is 5.32 Å². The van der Waals surface area contributed by atoms with Crippen LogP contribution in [0.4, 0.5) is 5.69 Å². The predicted octanol–water partition coefficient (Wildman–Crippen LogP) is 2.88. The quantitative estimate of drug-likeness (QED) is 0.759. The number of amides is 1. The molecule has 1 N–H and O–H groups in total. The standard InChI is InChI=1S/C15H11N3O/c19-15(13-8-16-10-17-9-13)18-14-6-5-11-3-1-2-4-12(11)7-14/h1-10H,(H,18,19). The van der Waals surface area contributed by atoms with Gasteiger partial charge in [-0.15, -0.1) is 0 Å². The van der Waals surface area contributed by atoms with Gasteiger partial charge >= 0.3 is 0 Å². The number of nitrogens with zero attached hydrogens (tertiary/aromatic N) is 2. The minimum absolute atomic E-state index is 0.212. The van der Waals surface area contributed by atoms with Gasteiger partial charge in [0, 0.05) is 18.1 Å². The van der Waals surface area contributed by atoms with Crippen molar-refractivity contribution in [1.82, 2.24) is 9.97 Å². The summed E-state index contributed by atoms with van der Waals surface area (Å²) in [6.07, 6.45) is 4.37. The molecule has 4 heteroatoms. The molecule has 0 aliphatic carbocycles. The first kappa shape index (κ1) is 11.3. The molecule has 19 heavy (non-hydrogen) atoms. The summed E-state index contributed by atoms with van der Waals surface area (Å²) in [7, 11) is 0. The number of carbonyl (C=O) groups excluding carboxylic acids is 1. The Kier molecular flexibility index (Phi) is 2.90. The van der Waals surface area contributed by atoms with Gasteiger partial charge in [-0.3, -0.25) is 4.79 Å². The Morgan fingerprint density at radius 3 is 2.47 bits per heavy atom. The maximum Gasteiger partial charge on any atom is 0.258 e. The zero-order valence-electron chi connectivity index (χ0n) is 10.1. The maximum atomic E-state index is 12.0. The Bertz CT molecular complexity index is 726. The first-order valence-corrected chi connectivity index (χ1v) is 5.88. The summed E-state index contributed by atoms with van der Waals surface area (Å²) >= 11 is 0. The minimum Gasteiger partial charge on any atom is -0.322 e. The van der Waals surface area contributed by atoms with Gasteiger partial charge in [0.2, 0.25) is 0 Å². The zero-order valence-corrected chi connectivity index (χ0v) is 10.1. The van der Waals surface area contributed by atoms with Gasteiger partial charge in [0.05, 0.1) is 5.56 Å². The molecule has 0 radical (unpaired) electrons. The lowest BCUT2D eigenvalue weighted by atomic mass is 10.1. The molecule has 3 aromatic rings. The van der Waals surface area contributed by atoms with E-state index in [0.717, 1.165) is 16.5 Å². The molecule has 4 nitrogen and oxygen atoms in total. The van der Waals surface area contributed by atoms with Crippen molar-refractivity contribution in [1.29, 1.82) is 0 Å². The molecular formula is C15H11N3O. The van der Waals surface area contributed by atoms with Gasteiger partial charge in [0.25, 0.3) is 5.91 Å². The number of benzene rings is 2. The molecule has 1 heterocycles. The van der Waals surface area contributed by atoms with E-state index in [2.05, 4.69) is 15.3 Å². The molecular weight excluding hydrogens is 238 g/mol. The number of fused-ring (bicyclic) bond motifs is 1. The first-order chi connectivity index (χ1) is 9.33. The lowest BCUT2D eigenvalue weighted by Crippen LogP contribution is -2.12. The molecule has 0 bridgehead atoms. The number of hydrogen-bond donors (Lipinski definition) is 1. The Morgan fingerprint density at radius 1 is 0.947 bits per heavy atom. The number of anilines is 1. The third kappa shape index (κ3) is 2.42. The number of carbonyl (C=O) groups is 1. The summed E-state index contributed by atoms with van der Waals surface area (Å²) < 4.78 is 0. The van der Waals surface area contributed by atoms with Crippen LogP contribution in [-0.2, 0) is 0 Å². The molecule has 3 rings (SSSR count). The molecule has 1 aromatic heterocycles. The van der Waals surface area contributed by atoms with E-state index in [1.165, 1.54) is 18.7 Å². The molecule has 2 aromatic carbocycles. The smallest absolute Gasteiger partial charge is 0.258 e. The summed E-state index contributed by atoms with van der Waals surface area (Å²) in [5, 5.41) is 5.06. The van der Waals surface area contributed by atoms with Crippen molar-refractivity contribution in [2.45, 2.75) is 0 Å². The maximum absolute atomic E-state index is 12.0. The molecule has 0 aliphatic rings. The van der Waals surface area contributed by atoms with Crippen LogP contribution in [0.1, 0.15) is 10.4 Å². The molecule has 0 fully saturated rings. The van der Waals surface area contributed by atoms with Crippen LogP contribution >= 0.6 is 0 Å². The monoisotopic (exact) mass is 249 g/mol. The summed E-state index contributed by atoms with van der Waals surface area (Å²) in [6.45, 7) is 0. The van der Waals surface area contributed by atoms with Gasteiger partial charge in [-0.2, -0.15) is 0 Å². The summed E-state index contributed by atoms with van der Waals surface area (Å²) in [6, 6.07) is 13.8. The van der Waals surface area contributed by atoms with Crippen LogP contribution in [-0.4, -0.2) is 15.9 Å². The van der Waals surface area contributed by atoms with Gasteiger partial charge in [0.1, 0.15) is 6.33 Å². The zero-order chi connectivity index (χ0) is 13.1. The van der Waals surface area contributed by atoms with Gasteiger partial charge in [-0.1, -0.05) is 30.3 Å². The second-order valence-electron chi connectivity index (χ2n) is 4.14. The number of rotatable bonds is 2. The molecule has 0 unspecified atom stereocenters. The predicted molar refractivity (Wildman–Crippen MR) is 73.9 cm³/mol.